The van der Waals surface area contributed by atoms with Gasteiger partial charge in [-0.15, -0.1) is 0 Å². The molecule has 2 heterocycles. The van der Waals surface area contributed by atoms with Crippen molar-refractivity contribution in [3.05, 3.63) is 52.2 Å². The van der Waals surface area contributed by atoms with Gasteiger partial charge in [-0.05, 0) is 30.7 Å². The van der Waals surface area contributed by atoms with Crippen molar-refractivity contribution in [1.29, 1.82) is 0 Å². The normalized spacial score (nSPS) is 14.9. The third-order valence-corrected chi connectivity index (χ3v) is 5.78. The molecule has 1 saturated heterocycles. The molecule has 10 heteroatoms. The molecule has 1 aromatic carbocycles. The number of nitrogens with zero attached hydrogens (tertiary/aromatic N) is 4. The number of piperazine rings is 1. The average Bonchev–Trinajstić information content (AvgIpc) is 2.66. The minimum atomic E-state index is -3.30. The number of hydrogen-bond donors (Lipinski definition) is 0. The second-order valence-corrected chi connectivity index (χ2v) is 9.44. The van der Waals surface area contributed by atoms with E-state index in [0.29, 0.717) is 44.0 Å². The van der Waals surface area contributed by atoms with Crippen LogP contribution in [0.25, 0.3) is 0 Å². The predicted molar refractivity (Wildman–Crippen MR) is 109 cm³/mol. The van der Waals surface area contributed by atoms with Crippen LogP contribution in [0.1, 0.15) is 28.7 Å². The van der Waals surface area contributed by atoms with Crippen molar-refractivity contribution in [1.82, 2.24) is 14.9 Å². The number of halogens is 2. The highest BCUT2D eigenvalue weighted by Gasteiger charge is 2.26. The Morgan fingerprint density at radius 3 is 2.31 bits per heavy atom. The van der Waals surface area contributed by atoms with Gasteiger partial charge in [-0.1, -0.05) is 18.5 Å². The lowest BCUT2D eigenvalue weighted by Gasteiger charge is -2.36. The van der Waals surface area contributed by atoms with Gasteiger partial charge in [-0.25, -0.2) is 22.8 Å². The quantitative estimate of drug-likeness (QED) is 0.663. The van der Waals surface area contributed by atoms with E-state index in [1.807, 2.05) is 11.8 Å². The van der Waals surface area contributed by atoms with Crippen molar-refractivity contribution in [2.45, 2.75) is 19.1 Å². The molecule has 1 aliphatic heterocycles. The largest absolute Gasteiger partial charge is 0.353 e. The van der Waals surface area contributed by atoms with E-state index in [-0.39, 0.29) is 28.5 Å². The van der Waals surface area contributed by atoms with Gasteiger partial charge in [0.25, 0.3) is 5.91 Å². The number of anilines is 1. The Hall–Kier alpha value is -2.26. The van der Waals surface area contributed by atoms with Crippen molar-refractivity contribution in [2.75, 3.05) is 37.3 Å². The Morgan fingerprint density at radius 2 is 1.76 bits per heavy atom. The van der Waals surface area contributed by atoms with Crippen molar-refractivity contribution >= 4 is 33.2 Å². The molecule has 0 N–H and O–H groups in total. The van der Waals surface area contributed by atoms with Gasteiger partial charge in [-0.2, -0.15) is 0 Å². The Balaban J connectivity index is 1.77. The molecule has 0 aliphatic carbocycles. The van der Waals surface area contributed by atoms with E-state index in [1.54, 1.807) is 4.90 Å². The second kappa shape index (κ2) is 8.62. The first kappa shape index (κ1) is 21.4. The first-order valence-electron chi connectivity index (χ1n) is 9.20. The van der Waals surface area contributed by atoms with Crippen molar-refractivity contribution < 1.29 is 17.6 Å². The molecular weight excluding hydrogens is 419 g/mol. The second-order valence-electron chi connectivity index (χ2n) is 6.94. The zero-order valence-corrected chi connectivity index (χ0v) is 17.8. The van der Waals surface area contributed by atoms with Gasteiger partial charge in [0.1, 0.15) is 28.4 Å². The lowest BCUT2D eigenvalue weighted by atomic mass is 10.1. The summed E-state index contributed by atoms with van der Waals surface area (Å²) in [5, 5.41) is 0.251. The molecule has 0 saturated carbocycles. The fraction of sp³-hybridized carbons (Fsp3) is 0.421. The zero-order valence-electron chi connectivity index (χ0n) is 16.2. The summed E-state index contributed by atoms with van der Waals surface area (Å²) in [7, 11) is -3.30. The lowest BCUT2D eigenvalue weighted by Crippen LogP contribution is -2.49. The molecule has 1 aromatic heterocycles. The van der Waals surface area contributed by atoms with E-state index in [1.165, 1.54) is 24.3 Å². The van der Waals surface area contributed by atoms with Gasteiger partial charge < -0.3 is 9.80 Å². The smallest absolute Gasteiger partial charge is 0.253 e. The van der Waals surface area contributed by atoms with Crippen LogP contribution < -0.4 is 4.90 Å². The average molecular weight is 441 g/mol. The summed E-state index contributed by atoms with van der Waals surface area (Å²) in [6.07, 6.45) is 1.72. The van der Waals surface area contributed by atoms with Crippen LogP contribution in [-0.2, 0) is 22.0 Å². The van der Waals surface area contributed by atoms with Gasteiger partial charge in [0.05, 0.1) is 0 Å². The lowest BCUT2D eigenvalue weighted by molar-refractivity contribution is 0.0746. The Kier molecular flexibility index (Phi) is 6.38. The molecule has 0 unspecified atom stereocenters. The number of hydrogen-bond acceptors (Lipinski definition) is 6. The Morgan fingerprint density at radius 1 is 1.14 bits per heavy atom. The van der Waals surface area contributed by atoms with E-state index in [0.717, 1.165) is 11.8 Å². The maximum Gasteiger partial charge on any atom is 0.253 e. The molecule has 0 radical (unpaired) electrons. The minimum absolute atomic E-state index is 0.154. The van der Waals surface area contributed by atoms with Gasteiger partial charge in [0.2, 0.25) is 0 Å². The summed E-state index contributed by atoms with van der Waals surface area (Å²) in [6, 6.07) is 5.48. The molecule has 7 nitrogen and oxygen atoms in total. The highest BCUT2D eigenvalue weighted by Crippen LogP contribution is 2.27. The van der Waals surface area contributed by atoms with Crippen LogP contribution in [0.15, 0.2) is 24.3 Å². The van der Waals surface area contributed by atoms with E-state index in [9.17, 15) is 17.6 Å². The predicted octanol–water partition coefficient (Wildman–Crippen LogP) is 2.34. The summed E-state index contributed by atoms with van der Waals surface area (Å²) in [4.78, 5) is 24.9. The molecule has 0 atom stereocenters. The zero-order chi connectivity index (χ0) is 21.2. The minimum Gasteiger partial charge on any atom is -0.353 e. The van der Waals surface area contributed by atoms with E-state index < -0.39 is 9.84 Å². The molecule has 1 fully saturated rings. The van der Waals surface area contributed by atoms with E-state index >= 15 is 0 Å². The molecule has 1 amide bonds. The number of sulfone groups is 1. The number of benzene rings is 1. The monoisotopic (exact) mass is 440 g/mol. The molecule has 156 valence electrons. The van der Waals surface area contributed by atoms with Crippen LogP contribution in [-0.4, -0.2) is 61.6 Å². The summed E-state index contributed by atoms with van der Waals surface area (Å²) >= 11 is 6.29. The third kappa shape index (κ3) is 5.22. The maximum atomic E-state index is 13.1. The van der Waals surface area contributed by atoms with Gasteiger partial charge in [0.15, 0.2) is 9.84 Å². The first-order valence-corrected chi connectivity index (χ1v) is 11.6. The van der Waals surface area contributed by atoms with Crippen molar-refractivity contribution in [2.24, 2.45) is 0 Å². The van der Waals surface area contributed by atoms with Crippen LogP contribution in [0.3, 0.4) is 0 Å². The van der Waals surface area contributed by atoms with Crippen molar-refractivity contribution in [3.8, 4) is 0 Å². The summed E-state index contributed by atoms with van der Waals surface area (Å²) < 4.78 is 36.3. The van der Waals surface area contributed by atoms with Gasteiger partial charge in [0, 0.05) is 43.6 Å². The Labute approximate surface area is 174 Å². The number of amides is 1. The highest BCUT2D eigenvalue weighted by molar-refractivity contribution is 7.89. The molecule has 1 aliphatic rings. The molecule has 2 aromatic rings. The molecular formula is C19H22ClFN4O3S. The van der Waals surface area contributed by atoms with Crippen LogP contribution in [0, 0.1) is 5.82 Å². The first-order chi connectivity index (χ1) is 13.7. The number of carbonyl (C=O) groups is 1. The molecule has 3 rings (SSSR count). The number of rotatable bonds is 5. The van der Waals surface area contributed by atoms with Crippen LogP contribution in [0.5, 0.6) is 0 Å². The van der Waals surface area contributed by atoms with Crippen molar-refractivity contribution in [3.63, 3.8) is 0 Å². The van der Waals surface area contributed by atoms with Crippen LogP contribution in [0.2, 0.25) is 5.15 Å². The van der Waals surface area contributed by atoms with Gasteiger partial charge in [-0.3, -0.25) is 4.79 Å². The summed E-state index contributed by atoms with van der Waals surface area (Å²) in [5.41, 5.74) is 1.19. The van der Waals surface area contributed by atoms with Crippen LogP contribution in [0.4, 0.5) is 10.2 Å². The van der Waals surface area contributed by atoms with E-state index in [2.05, 4.69) is 9.97 Å². The molecule has 0 spiro atoms. The standard InChI is InChI=1S/C19H22ClFN4O3S/c1-3-15-17(20)22-16(12-29(2,27)28)23-18(15)24-8-10-25(11-9-24)19(26)13-4-6-14(21)7-5-13/h4-7H,3,8-12H2,1-2H3. The maximum absolute atomic E-state index is 13.1. The number of carbonyl (C=O) groups excluding carboxylic acids is 1. The number of aromatic nitrogens is 2. The SMILES string of the molecule is CCc1c(Cl)nc(CS(C)(=O)=O)nc1N1CCN(C(=O)c2ccc(F)cc2)CC1. The van der Waals surface area contributed by atoms with Gasteiger partial charge >= 0.3 is 0 Å². The third-order valence-electron chi connectivity index (χ3n) is 4.68. The molecule has 0 bridgehead atoms. The Bertz CT molecular complexity index is 1010. The fourth-order valence-corrected chi connectivity index (χ4v) is 4.16. The summed E-state index contributed by atoms with van der Waals surface area (Å²) in [6.45, 7) is 3.89. The highest BCUT2D eigenvalue weighted by atomic mass is 35.5. The van der Waals surface area contributed by atoms with Crippen LogP contribution >= 0.6 is 11.6 Å². The van der Waals surface area contributed by atoms with E-state index in [4.69, 9.17) is 11.6 Å². The fourth-order valence-electron chi connectivity index (χ4n) is 3.25. The summed E-state index contributed by atoms with van der Waals surface area (Å²) in [5.74, 6) is -0.0513. The molecule has 29 heavy (non-hydrogen) atoms. The topological polar surface area (TPSA) is 83.5 Å².